The number of hydrogen-bond donors (Lipinski definition) is 1. The summed E-state index contributed by atoms with van der Waals surface area (Å²) in [6, 6.07) is 2.94. The average Bonchev–Trinajstić information content (AvgIpc) is 2.77. The van der Waals surface area contributed by atoms with Gasteiger partial charge in [-0.1, -0.05) is 25.1 Å². The maximum Gasteiger partial charge on any atom is 0.234 e. The molecule has 4 nitrogen and oxygen atoms in total. The lowest BCUT2D eigenvalue weighted by atomic mass is 10.3. The molecule has 1 aromatic heterocycles. The van der Waals surface area contributed by atoms with Crippen molar-refractivity contribution >= 4 is 23.4 Å². The van der Waals surface area contributed by atoms with Crippen molar-refractivity contribution in [3.8, 4) is 0 Å². The molecule has 0 saturated carbocycles. The Morgan fingerprint density at radius 2 is 1.92 bits per heavy atom. The van der Waals surface area contributed by atoms with Crippen LogP contribution in [0.3, 0.4) is 0 Å². The van der Waals surface area contributed by atoms with Gasteiger partial charge in [-0.05, 0) is 32.4 Å². The quantitative estimate of drug-likeness (QED) is 0.755. The molecule has 0 bridgehead atoms. The molecule has 7 heteroatoms. The Labute approximate surface area is 144 Å². The third kappa shape index (κ3) is 4.80. The van der Waals surface area contributed by atoms with E-state index in [1.54, 1.807) is 0 Å². The molecule has 24 heavy (non-hydrogen) atoms. The molecule has 1 amide bonds. The molecule has 1 heterocycles. The standard InChI is InChI=1S/C17H21F2N3OS/c1-4-5-6-22-12(3)11(2)20-17(22)24-10-16(23)21-15-8-13(18)7-14(19)9-15/h7-9H,4-6,10H2,1-3H3,(H,21,23). The van der Waals surface area contributed by atoms with Gasteiger partial charge in [0.15, 0.2) is 5.16 Å². The van der Waals surface area contributed by atoms with Crippen LogP contribution in [-0.2, 0) is 11.3 Å². The lowest BCUT2D eigenvalue weighted by Gasteiger charge is -2.09. The van der Waals surface area contributed by atoms with Gasteiger partial charge in [0.05, 0.1) is 11.4 Å². The van der Waals surface area contributed by atoms with E-state index in [1.807, 2.05) is 13.8 Å². The van der Waals surface area contributed by atoms with Crippen molar-refractivity contribution in [3.63, 3.8) is 0 Å². The predicted octanol–water partition coefficient (Wildman–Crippen LogP) is 4.31. The molecule has 0 atom stereocenters. The molecule has 1 N–H and O–H groups in total. The fourth-order valence-electron chi connectivity index (χ4n) is 2.27. The van der Waals surface area contributed by atoms with Crippen LogP contribution in [-0.4, -0.2) is 21.2 Å². The number of aryl methyl sites for hydroxylation is 1. The van der Waals surface area contributed by atoms with E-state index >= 15 is 0 Å². The van der Waals surface area contributed by atoms with Crippen LogP contribution in [0.25, 0.3) is 0 Å². The van der Waals surface area contributed by atoms with Gasteiger partial charge in [-0.15, -0.1) is 0 Å². The SMILES string of the molecule is CCCCn1c(SCC(=O)Nc2cc(F)cc(F)c2)nc(C)c1C. The Bertz CT molecular complexity index is 711. The fraction of sp³-hybridized carbons (Fsp3) is 0.412. The molecule has 0 spiro atoms. The number of amides is 1. The number of halogens is 2. The number of nitrogens with one attached hydrogen (secondary N) is 1. The molecule has 0 aliphatic carbocycles. The van der Waals surface area contributed by atoms with Gasteiger partial charge in [0, 0.05) is 24.0 Å². The Hall–Kier alpha value is -1.89. The van der Waals surface area contributed by atoms with Crippen LogP contribution in [0, 0.1) is 25.5 Å². The van der Waals surface area contributed by atoms with Crippen molar-refractivity contribution in [3.05, 3.63) is 41.2 Å². The van der Waals surface area contributed by atoms with E-state index in [0.717, 1.165) is 54.1 Å². The van der Waals surface area contributed by atoms with Crippen LogP contribution in [0.4, 0.5) is 14.5 Å². The van der Waals surface area contributed by atoms with Crippen molar-refractivity contribution in [2.75, 3.05) is 11.1 Å². The summed E-state index contributed by atoms with van der Waals surface area (Å²) in [4.78, 5) is 16.5. The molecule has 1 aromatic carbocycles. The summed E-state index contributed by atoms with van der Waals surface area (Å²) in [6.45, 7) is 6.94. The molecular formula is C17H21F2N3OS. The fourth-order valence-corrected chi connectivity index (χ4v) is 3.18. The molecular weight excluding hydrogens is 332 g/mol. The second-order valence-corrected chi connectivity index (χ2v) is 6.51. The number of imidazole rings is 1. The summed E-state index contributed by atoms with van der Waals surface area (Å²) in [5, 5.41) is 3.29. The second kappa shape index (κ2) is 8.28. The minimum absolute atomic E-state index is 0.111. The Morgan fingerprint density at radius 3 is 2.54 bits per heavy atom. The van der Waals surface area contributed by atoms with Crippen molar-refractivity contribution < 1.29 is 13.6 Å². The van der Waals surface area contributed by atoms with E-state index in [1.165, 1.54) is 11.8 Å². The third-order valence-electron chi connectivity index (χ3n) is 3.64. The van der Waals surface area contributed by atoms with Gasteiger partial charge >= 0.3 is 0 Å². The summed E-state index contributed by atoms with van der Waals surface area (Å²) in [5.74, 6) is -1.65. The number of unbranched alkanes of at least 4 members (excludes halogenated alkanes) is 1. The summed E-state index contributed by atoms with van der Waals surface area (Å²) >= 11 is 1.32. The molecule has 0 unspecified atom stereocenters. The first-order valence-electron chi connectivity index (χ1n) is 7.83. The maximum atomic E-state index is 13.1. The van der Waals surface area contributed by atoms with Crippen molar-refractivity contribution in [1.29, 1.82) is 0 Å². The minimum Gasteiger partial charge on any atom is -0.325 e. The molecule has 0 aliphatic heterocycles. The molecule has 0 fully saturated rings. The van der Waals surface area contributed by atoms with Crippen molar-refractivity contribution in [2.24, 2.45) is 0 Å². The first kappa shape index (κ1) is 18.4. The number of carbonyl (C=O) groups is 1. The Balaban J connectivity index is 2.00. The number of rotatable bonds is 7. The lowest BCUT2D eigenvalue weighted by Crippen LogP contribution is -2.15. The zero-order chi connectivity index (χ0) is 17.7. The smallest absolute Gasteiger partial charge is 0.234 e. The summed E-state index contributed by atoms with van der Waals surface area (Å²) in [5.41, 5.74) is 2.15. The van der Waals surface area contributed by atoms with Crippen LogP contribution < -0.4 is 5.32 Å². The van der Waals surface area contributed by atoms with Crippen LogP contribution in [0.1, 0.15) is 31.2 Å². The first-order valence-corrected chi connectivity index (χ1v) is 8.81. The van der Waals surface area contributed by atoms with E-state index in [9.17, 15) is 13.6 Å². The maximum absolute atomic E-state index is 13.1. The highest BCUT2D eigenvalue weighted by atomic mass is 32.2. The van der Waals surface area contributed by atoms with Crippen LogP contribution >= 0.6 is 11.8 Å². The molecule has 130 valence electrons. The van der Waals surface area contributed by atoms with Crippen LogP contribution in [0.2, 0.25) is 0 Å². The second-order valence-electron chi connectivity index (χ2n) is 5.57. The molecule has 0 aliphatic rings. The highest BCUT2D eigenvalue weighted by Crippen LogP contribution is 2.22. The number of hydrogen-bond acceptors (Lipinski definition) is 3. The third-order valence-corrected chi connectivity index (χ3v) is 4.61. The molecule has 2 aromatic rings. The van der Waals surface area contributed by atoms with E-state index in [4.69, 9.17) is 0 Å². The highest BCUT2D eigenvalue weighted by Gasteiger charge is 2.13. The van der Waals surface area contributed by atoms with Gasteiger partial charge in [0.1, 0.15) is 11.6 Å². The number of benzene rings is 1. The van der Waals surface area contributed by atoms with Gasteiger partial charge in [-0.3, -0.25) is 4.79 Å². The van der Waals surface area contributed by atoms with E-state index < -0.39 is 11.6 Å². The van der Waals surface area contributed by atoms with Crippen LogP contribution in [0.15, 0.2) is 23.4 Å². The van der Waals surface area contributed by atoms with Crippen molar-refractivity contribution in [2.45, 2.75) is 45.3 Å². The van der Waals surface area contributed by atoms with Crippen molar-refractivity contribution in [1.82, 2.24) is 9.55 Å². The minimum atomic E-state index is -0.723. The molecule has 0 saturated heterocycles. The van der Waals surface area contributed by atoms with Gasteiger partial charge in [-0.2, -0.15) is 0 Å². The summed E-state index contributed by atoms with van der Waals surface area (Å²) in [6.07, 6.45) is 2.12. The number of nitrogens with zero attached hydrogens (tertiary/aromatic N) is 2. The highest BCUT2D eigenvalue weighted by molar-refractivity contribution is 7.99. The average molecular weight is 353 g/mol. The summed E-state index contributed by atoms with van der Waals surface area (Å²) in [7, 11) is 0. The van der Waals surface area contributed by atoms with E-state index in [2.05, 4.69) is 21.8 Å². The van der Waals surface area contributed by atoms with Gasteiger partial charge in [0.25, 0.3) is 0 Å². The monoisotopic (exact) mass is 353 g/mol. The molecule has 0 radical (unpaired) electrons. The number of anilines is 1. The predicted molar refractivity (Wildman–Crippen MR) is 92.3 cm³/mol. The van der Waals surface area contributed by atoms with E-state index in [0.29, 0.717) is 0 Å². The zero-order valence-electron chi connectivity index (χ0n) is 14.0. The summed E-state index contributed by atoms with van der Waals surface area (Å²) < 4.78 is 28.4. The Morgan fingerprint density at radius 1 is 1.25 bits per heavy atom. The zero-order valence-corrected chi connectivity index (χ0v) is 14.8. The van der Waals surface area contributed by atoms with Gasteiger partial charge < -0.3 is 9.88 Å². The lowest BCUT2D eigenvalue weighted by molar-refractivity contribution is -0.113. The number of carbonyl (C=O) groups excluding carboxylic acids is 1. The van der Waals surface area contributed by atoms with Gasteiger partial charge in [-0.25, -0.2) is 13.8 Å². The molecule has 2 rings (SSSR count). The topological polar surface area (TPSA) is 46.9 Å². The van der Waals surface area contributed by atoms with Gasteiger partial charge in [0.2, 0.25) is 5.91 Å². The normalized spacial score (nSPS) is 10.9. The van der Waals surface area contributed by atoms with E-state index in [-0.39, 0.29) is 17.3 Å². The number of aromatic nitrogens is 2. The number of thioether (sulfide) groups is 1. The first-order chi connectivity index (χ1) is 11.4. The Kier molecular flexibility index (Phi) is 6.36. The largest absolute Gasteiger partial charge is 0.325 e. The van der Waals surface area contributed by atoms with Crippen LogP contribution in [0.5, 0.6) is 0 Å².